The predicted molar refractivity (Wildman–Crippen MR) is 109 cm³/mol. The van der Waals surface area contributed by atoms with E-state index >= 15 is 0 Å². The van der Waals surface area contributed by atoms with Crippen LogP contribution in [0.4, 0.5) is 0 Å². The quantitative estimate of drug-likeness (QED) is 0.745. The fraction of sp³-hybridized carbons (Fsp3) is 0.591. The molecule has 2 aromatic rings. The Labute approximate surface area is 172 Å². The van der Waals surface area contributed by atoms with E-state index in [-0.39, 0.29) is 12.0 Å². The topological polar surface area (TPSA) is 71.7 Å². The molecule has 156 valence electrons. The lowest BCUT2D eigenvalue weighted by Crippen LogP contribution is -2.43. The SMILES string of the molecule is CCc1onc(C)c1-c1cccc([C@H]2CN(C(=O)CCN3CCCC3)CCO2)n1. The molecule has 2 fully saturated rings. The number of carbonyl (C=O) groups excluding carboxylic acids is 1. The second-order valence-electron chi connectivity index (χ2n) is 7.87. The number of rotatable bonds is 6. The zero-order valence-corrected chi connectivity index (χ0v) is 17.4. The number of pyridine rings is 1. The van der Waals surface area contributed by atoms with Crippen LogP contribution in [-0.4, -0.2) is 65.2 Å². The Bertz CT molecular complexity index is 844. The summed E-state index contributed by atoms with van der Waals surface area (Å²) in [7, 11) is 0. The van der Waals surface area contributed by atoms with Crippen molar-refractivity contribution in [3.63, 3.8) is 0 Å². The summed E-state index contributed by atoms with van der Waals surface area (Å²) < 4.78 is 11.4. The highest BCUT2D eigenvalue weighted by molar-refractivity contribution is 5.76. The smallest absolute Gasteiger partial charge is 0.224 e. The van der Waals surface area contributed by atoms with Crippen molar-refractivity contribution in [2.45, 2.75) is 45.6 Å². The third kappa shape index (κ3) is 4.51. The maximum absolute atomic E-state index is 12.7. The van der Waals surface area contributed by atoms with Crippen LogP contribution in [0.1, 0.15) is 49.4 Å². The molecule has 1 amide bonds. The Morgan fingerprint density at radius 2 is 2.07 bits per heavy atom. The molecule has 29 heavy (non-hydrogen) atoms. The number of morpholine rings is 1. The monoisotopic (exact) mass is 398 g/mol. The molecule has 2 aromatic heterocycles. The van der Waals surface area contributed by atoms with Crippen LogP contribution in [-0.2, 0) is 16.0 Å². The van der Waals surface area contributed by atoms with Gasteiger partial charge in [-0.15, -0.1) is 0 Å². The number of amides is 1. The molecule has 4 heterocycles. The van der Waals surface area contributed by atoms with E-state index in [0.717, 1.165) is 54.5 Å². The number of likely N-dealkylation sites (tertiary alicyclic amines) is 1. The average molecular weight is 399 g/mol. The maximum Gasteiger partial charge on any atom is 0.224 e. The lowest BCUT2D eigenvalue weighted by atomic mass is 10.1. The van der Waals surface area contributed by atoms with Crippen LogP contribution < -0.4 is 0 Å². The standard InChI is InChI=1S/C22H30N4O3/c1-3-19-22(16(2)24-29-19)18-8-6-7-17(23-18)20-15-26(13-14-28-20)21(27)9-12-25-10-4-5-11-25/h6-8,20H,3-5,9-15H2,1-2H3/t20-/m1/s1. The minimum absolute atomic E-state index is 0.204. The summed E-state index contributed by atoms with van der Waals surface area (Å²) in [6, 6.07) is 5.94. The van der Waals surface area contributed by atoms with Gasteiger partial charge in [-0.2, -0.15) is 0 Å². The molecule has 0 bridgehead atoms. The van der Waals surface area contributed by atoms with Crippen LogP contribution in [0.25, 0.3) is 11.3 Å². The average Bonchev–Trinajstić information content (AvgIpc) is 3.41. The van der Waals surface area contributed by atoms with Crippen molar-refractivity contribution in [2.75, 3.05) is 39.3 Å². The molecule has 0 unspecified atom stereocenters. The van der Waals surface area contributed by atoms with E-state index in [2.05, 4.69) is 10.1 Å². The first-order valence-electron chi connectivity index (χ1n) is 10.7. The van der Waals surface area contributed by atoms with Crippen molar-refractivity contribution in [3.05, 3.63) is 35.3 Å². The van der Waals surface area contributed by atoms with Crippen LogP contribution in [0.15, 0.2) is 22.7 Å². The summed E-state index contributed by atoms with van der Waals surface area (Å²) in [6.07, 6.45) is 3.65. The van der Waals surface area contributed by atoms with E-state index in [1.165, 1.54) is 12.8 Å². The zero-order chi connectivity index (χ0) is 20.2. The maximum atomic E-state index is 12.7. The van der Waals surface area contributed by atoms with E-state index in [0.29, 0.717) is 26.1 Å². The summed E-state index contributed by atoms with van der Waals surface area (Å²) in [4.78, 5) is 21.9. The van der Waals surface area contributed by atoms with Crippen LogP contribution in [0.2, 0.25) is 0 Å². The normalized spacial score (nSPS) is 20.3. The van der Waals surface area contributed by atoms with Gasteiger partial charge in [0, 0.05) is 25.9 Å². The van der Waals surface area contributed by atoms with E-state index in [1.54, 1.807) is 0 Å². The van der Waals surface area contributed by atoms with E-state index in [4.69, 9.17) is 14.2 Å². The molecule has 0 radical (unpaired) electrons. The lowest BCUT2D eigenvalue weighted by Gasteiger charge is -2.33. The number of carbonyl (C=O) groups is 1. The molecular formula is C22H30N4O3. The molecule has 7 heteroatoms. The molecule has 1 atom stereocenters. The van der Waals surface area contributed by atoms with Gasteiger partial charge in [-0.25, -0.2) is 4.98 Å². The minimum atomic E-state index is -0.204. The molecule has 4 rings (SSSR count). The molecular weight excluding hydrogens is 368 g/mol. The number of hydrogen-bond donors (Lipinski definition) is 0. The minimum Gasteiger partial charge on any atom is -0.368 e. The van der Waals surface area contributed by atoms with Gasteiger partial charge in [0.2, 0.25) is 5.91 Å². The first kappa shape index (κ1) is 20.0. The van der Waals surface area contributed by atoms with Crippen LogP contribution in [0.5, 0.6) is 0 Å². The number of hydrogen-bond acceptors (Lipinski definition) is 6. The third-order valence-corrected chi connectivity index (χ3v) is 5.87. The first-order chi connectivity index (χ1) is 14.2. The summed E-state index contributed by atoms with van der Waals surface area (Å²) in [5.74, 6) is 1.06. The summed E-state index contributed by atoms with van der Waals surface area (Å²) in [5, 5.41) is 4.09. The second kappa shape index (κ2) is 9.05. The molecule has 2 aliphatic rings. The third-order valence-electron chi connectivity index (χ3n) is 5.87. The van der Waals surface area contributed by atoms with Crippen LogP contribution in [0, 0.1) is 6.92 Å². The van der Waals surface area contributed by atoms with Crippen LogP contribution >= 0.6 is 0 Å². The Morgan fingerprint density at radius 1 is 1.24 bits per heavy atom. The lowest BCUT2D eigenvalue weighted by molar-refractivity contribution is -0.139. The number of ether oxygens (including phenoxy) is 1. The Kier molecular flexibility index (Phi) is 6.25. The van der Waals surface area contributed by atoms with Crippen molar-refractivity contribution in [1.29, 1.82) is 0 Å². The molecule has 2 saturated heterocycles. The molecule has 0 spiro atoms. The number of nitrogens with zero attached hydrogens (tertiary/aromatic N) is 4. The Hall–Kier alpha value is -2.25. The van der Waals surface area contributed by atoms with E-state index in [1.807, 2.05) is 36.9 Å². The first-order valence-corrected chi connectivity index (χ1v) is 10.7. The highest BCUT2D eigenvalue weighted by atomic mass is 16.5. The van der Waals surface area contributed by atoms with Gasteiger partial charge in [-0.05, 0) is 45.0 Å². The Morgan fingerprint density at radius 3 is 2.86 bits per heavy atom. The van der Waals surface area contributed by atoms with Crippen molar-refractivity contribution >= 4 is 5.91 Å². The van der Waals surface area contributed by atoms with Crippen molar-refractivity contribution in [2.24, 2.45) is 0 Å². The molecule has 2 aliphatic heterocycles. The molecule has 0 aliphatic carbocycles. The largest absolute Gasteiger partial charge is 0.368 e. The van der Waals surface area contributed by atoms with Gasteiger partial charge in [0.25, 0.3) is 0 Å². The van der Waals surface area contributed by atoms with Gasteiger partial charge in [0.1, 0.15) is 11.9 Å². The van der Waals surface area contributed by atoms with Crippen molar-refractivity contribution in [1.82, 2.24) is 19.9 Å². The van der Waals surface area contributed by atoms with Gasteiger partial charge < -0.3 is 19.1 Å². The van der Waals surface area contributed by atoms with Crippen molar-refractivity contribution in [3.8, 4) is 11.3 Å². The van der Waals surface area contributed by atoms with Gasteiger partial charge in [0.15, 0.2) is 0 Å². The van der Waals surface area contributed by atoms with Crippen molar-refractivity contribution < 1.29 is 14.1 Å². The highest BCUT2D eigenvalue weighted by Crippen LogP contribution is 2.29. The van der Waals surface area contributed by atoms with Crippen LogP contribution in [0.3, 0.4) is 0 Å². The fourth-order valence-electron chi connectivity index (χ4n) is 4.23. The Balaban J connectivity index is 1.44. The zero-order valence-electron chi connectivity index (χ0n) is 17.4. The highest BCUT2D eigenvalue weighted by Gasteiger charge is 2.27. The van der Waals surface area contributed by atoms with E-state index in [9.17, 15) is 4.79 Å². The summed E-state index contributed by atoms with van der Waals surface area (Å²) >= 11 is 0. The molecule has 0 aromatic carbocycles. The fourth-order valence-corrected chi connectivity index (χ4v) is 4.23. The number of aryl methyl sites for hydroxylation is 2. The van der Waals surface area contributed by atoms with Gasteiger partial charge in [0.05, 0.1) is 35.8 Å². The van der Waals surface area contributed by atoms with Gasteiger partial charge in [-0.1, -0.05) is 18.1 Å². The molecule has 0 N–H and O–H groups in total. The molecule has 0 saturated carbocycles. The predicted octanol–water partition coefficient (Wildman–Crippen LogP) is 2.99. The summed E-state index contributed by atoms with van der Waals surface area (Å²) in [6.45, 7) is 8.83. The van der Waals surface area contributed by atoms with Gasteiger partial charge >= 0.3 is 0 Å². The summed E-state index contributed by atoms with van der Waals surface area (Å²) in [5.41, 5.74) is 3.50. The molecule has 7 nitrogen and oxygen atoms in total. The van der Waals surface area contributed by atoms with E-state index < -0.39 is 0 Å². The van der Waals surface area contributed by atoms with Gasteiger partial charge in [-0.3, -0.25) is 4.79 Å². The second-order valence-corrected chi connectivity index (χ2v) is 7.87. The number of aromatic nitrogens is 2.